The molecule has 3 aromatic rings. The standard InChI is InChI=1S/C27H26N2O4/c1-17(2)24(27(32)33-3)29-16-21-15-20(11-14-23(21)26(29)31)18-9-12-22(13-10-18)28-25(30)19-7-5-4-6-8-19/h4-15,17,24H,16H2,1-3H3,(H,28,30). The molecule has 1 heterocycles. The fourth-order valence-electron chi connectivity index (χ4n) is 4.17. The first-order valence-corrected chi connectivity index (χ1v) is 10.9. The van der Waals surface area contributed by atoms with Crippen LogP contribution in [0.1, 0.15) is 40.1 Å². The number of anilines is 1. The van der Waals surface area contributed by atoms with Gasteiger partial charge in [-0.25, -0.2) is 4.79 Å². The lowest BCUT2D eigenvalue weighted by Gasteiger charge is -2.28. The van der Waals surface area contributed by atoms with Gasteiger partial charge in [0.1, 0.15) is 6.04 Å². The van der Waals surface area contributed by atoms with Crippen molar-refractivity contribution in [3.05, 3.63) is 89.5 Å². The molecule has 0 radical (unpaired) electrons. The van der Waals surface area contributed by atoms with Crippen molar-refractivity contribution in [2.24, 2.45) is 5.92 Å². The van der Waals surface area contributed by atoms with Crippen molar-refractivity contribution < 1.29 is 19.1 Å². The molecule has 1 N–H and O–H groups in total. The zero-order chi connectivity index (χ0) is 23.5. The highest BCUT2D eigenvalue weighted by Crippen LogP contribution is 2.32. The highest BCUT2D eigenvalue weighted by atomic mass is 16.5. The third kappa shape index (κ3) is 4.51. The van der Waals surface area contributed by atoms with Crippen molar-refractivity contribution in [3.63, 3.8) is 0 Å². The van der Waals surface area contributed by atoms with Gasteiger partial charge in [-0.05, 0) is 59.0 Å². The Balaban J connectivity index is 1.52. The predicted octanol–water partition coefficient (Wildman–Crippen LogP) is 4.76. The number of esters is 1. The molecule has 3 aromatic carbocycles. The maximum absolute atomic E-state index is 13.0. The molecule has 4 rings (SSSR count). The summed E-state index contributed by atoms with van der Waals surface area (Å²) in [4.78, 5) is 39.2. The van der Waals surface area contributed by atoms with E-state index in [9.17, 15) is 14.4 Å². The molecular weight excluding hydrogens is 416 g/mol. The quantitative estimate of drug-likeness (QED) is 0.559. The Morgan fingerprint density at radius 2 is 1.61 bits per heavy atom. The van der Waals surface area contributed by atoms with Crippen LogP contribution in [0.2, 0.25) is 0 Å². The van der Waals surface area contributed by atoms with Crippen LogP contribution in [0.25, 0.3) is 11.1 Å². The first kappa shape index (κ1) is 22.3. The number of hydrogen-bond acceptors (Lipinski definition) is 4. The fourth-order valence-corrected chi connectivity index (χ4v) is 4.17. The number of nitrogens with zero attached hydrogens (tertiary/aromatic N) is 1. The third-order valence-electron chi connectivity index (χ3n) is 5.86. The van der Waals surface area contributed by atoms with Crippen LogP contribution in [0, 0.1) is 5.92 Å². The monoisotopic (exact) mass is 442 g/mol. The molecule has 0 spiro atoms. The maximum Gasteiger partial charge on any atom is 0.328 e. The normalized spacial score (nSPS) is 13.6. The molecule has 0 fully saturated rings. The van der Waals surface area contributed by atoms with E-state index in [1.165, 1.54) is 7.11 Å². The van der Waals surface area contributed by atoms with Gasteiger partial charge in [0.2, 0.25) is 0 Å². The molecule has 1 atom stereocenters. The minimum absolute atomic E-state index is 0.0613. The van der Waals surface area contributed by atoms with Gasteiger partial charge in [-0.1, -0.05) is 50.2 Å². The lowest BCUT2D eigenvalue weighted by molar-refractivity contribution is -0.147. The van der Waals surface area contributed by atoms with Gasteiger partial charge < -0.3 is 15.0 Å². The van der Waals surface area contributed by atoms with Gasteiger partial charge in [0.05, 0.1) is 7.11 Å². The van der Waals surface area contributed by atoms with Crippen LogP contribution in [0.15, 0.2) is 72.8 Å². The van der Waals surface area contributed by atoms with Crippen LogP contribution < -0.4 is 5.32 Å². The molecule has 168 valence electrons. The topological polar surface area (TPSA) is 75.7 Å². The first-order valence-electron chi connectivity index (χ1n) is 10.9. The van der Waals surface area contributed by atoms with Gasteiger partial charge in [-0.2, -0.15) is 0 Å². The van der Waals surface area contributed by atoms with Crippen molar-refractivity contribution in [2.45, 2.75) is 26.4 Å². The van der Waals surface area contributed by atoms with E-state index in [0.717, 1.165) is 16.7 Å². The summed E-state index contributed by atoms with van der Waals surface area (Å²) in [6.45, 7) is 4.17. The van der Waals surface area contributed by atoms with E-state index < -0.39 is 12.0 Å². The summed E-state index contributed by atoms with van der Waals surface area (Å²) < 4.78 is 4.93. The number of nitrogens with one attached hydrogen (secondary N) is 1. The van der Waals surface area contributed by atoms with Crippen molar-refractivity contribution in [1.29, 1.82) is 0 Å². The van der Waals surface area contributed by atoms with Crippen molar-refractivity contribution in [3.8, 4) is 11.1 Å². The second-order valence-corrected chi connectivity index (χ2v) is 8.41. The summed E-state index contributed by atoms with van der Waals surface area (Å²) in [5.74, 6) is -0.780. The summed E-state index contributed by atoms with van der Waals surface area (Å²) in [5.41, 5.74) is 4.72. The molecule has 6 nitrogen and oxygen atoms in total. The summed E-state index contributed by atoms with van der Waals surface area (Å²) in [7, 11) is 1.34. The molecule has 0 saturated carbocycles. The summed E-state index contributed by atoms with van der Waals surface area (Å²) in [6.07, 6.45) is 0. The molecule has 2 amide bonds. The zero-order valence-electron chi connectivity index (χ0n) is 18.9. The minimum atomic E-state index is -0.620. The van der Waals surface area contributed by atoms with E-state index in [4.69, 9.17) is 4.74 Å². The SMILES string of the molecule is COC(=O)C(C(C)C)N1Cc2cc(-c3ccc(NC(=O)c4ccccc4)cc3)ccc2C1=O. The molecule has 33 heavy (non-hydrogen) atoms. The van der Waals surface area contributed by atoms with Gasteiger partial charge in [0, 0.05) is 23.4 Å². The highest BCUT2D eigenvalue weighted by molar-refractivity contribution is 6.04. The Morgan fingerprint density at radius 3 is 2.24 bits per heavy atom. The predicted molar refractivity (Wildman–Crippen MR) is 127 cm³/mol. The van der Waals surface area contributed by atoms with E-state index in [0.29, 0.717) is 23.4 Å². The average Bonchev–Trinajstić information content (AvgIpc) is 3.15. The lowest BCUT2D eigenvalue weighted by atomic mass is 10.0. The molecule has 1 unspecified atom stereocenters. The van der Waals surface area contributed by atoms with Crippen LogP contribution in [-0.4, -0.2) is 35.8 Å². The largest absolute Gasteiger partial charge is 0.467 e. The molecule has 0 aromatic heterocycles. The van der Waals surface area contributed by atoms with Gasteiger partial charge >= 0.3 is 5.97 Å². The second kappa shape index (κ2) is 9.28. The number of fused-ring (bicyclic) bond motifs is 1. The number of carbonyl (C=O) groups excluding carboxylic acids is 3. The number of hydrogen-bond donors (Lipinski definition) is 1. The number of methoxy groups -OCH3 is 1. The van der Waals surface area contributed by atoms with Crippen LogP contribution in [0.5, 0.6) is 0 Å². The number of amides is 2. The van der Waals surface area contributed by atoms with E-state index in [-0.39, 0.29) is 17.7 Å². The Hall–Kier alpha value is -3.93. The molecule has 1 aliphatic rings. The smallest absolute Gasteiger partial charge is 0.328 e. The van der Waals surface area contributed by atoms with Gasteiger partial charge in [-0.3, -0.25) is 9.59 Å². The van der Waals surface area contributed by atoms with E-state index in [2.05, 4.69) is 5.32 Å². The average molecular weight is 443 g/mol. The summed E-state index contributed by atoms with van der Waals surface area (Å²) in [5, 5.41) is 2.90. The Bertz CT molecular complexity index is 1190. The lowest BCUT2D eigenvalue weighted by Crippen LogP contribution is -2.45. The van der Waals surface area contributed by atoms with Crippen LogP contribution in [0.3, 0.4) is 0 Å². The van der Waals surface area contributed by atoms with Crippen molar-refractivity contribution >= 4 is 23.5 Å². The number of rotatable bonds is 6. The molecule has 0 bridgehead atoms. The first-order chi connectivity index (χ1) is 15.9. The Kier molecular flexibility index (Phi) is 6.27. The van der Waals surface area contributed by atoms with Gasteiger partial charge in [0.15, 0.2) is 0 Å². The van der Waals surface area contributed by atoms with E-state index >= 15 is 0 Å². The molecular formula is C27H26N2O4. The molecule has 6 heteroatoms. The highest BCUT2D eigenvalue weighted by Gasteiger charge is 2.38. The summed E-state index contributed by atoms with van der Waals surface area (Å²) in [6, 6.07) is 21.7. The summed E-state index contributed by atoms with van der Waals surface area (Å²) >= 11 is 0. The van der Waals surface area contributed by atoms with Gasteiger partial charge in [0.25, 0.3) is 11.8 Å². The molecule has 0 saturated heterocycles. The fraction of sp³-hybridized carbons (Fsp3) is 0.222. The van der Waals surface area contributed by atoms with E-state index in [1.807, 2.05) is 74.5 Å². The third-order valence-corrected chi connectivity index (χ3v) is 5.86. The zero-order valence-corrected chi connectivity index (χ0v) is 18.9. The van der Waals surface area contributed by atoms with Gasteiger partial charge in [-0.15, -0.1) is 0 Å². The maximum atomic E-state index is 13.0. The molecule has 1 aliphatic heterocycles. The van der Waals surface area contributed by atoms with E-state index in [1.54, 1.807) is 17.0 Å². The minimum Gasteiger partial charge on any atom is -0.467 e. The Morgan fingerprint density at radius 1 is 0.939 bits per heavy atom. The second-order valence-electron chi connectivity index (χ2n) is 8.41. The number of benzene rings is 3. The van der Waals surface area contributed by atoms with Crippen LogP contribution >= 0.6 is 0 Å². The van der Waals surface area contributed by atoms with Crippen LogP contribution in [-0.2, 0) is 16.1 Å². The number of ether oxygens (including phenoxy) is 1. The van der Waals surface area contributed by atoms with Crippen molar-refractivity contribution in [1.82, 2.24) is 4.90 Å². The number of carbonyl (C=O) groups is 3. The molecule has 0 aliphatic carbocycles. The Labute approximate surface area is 193 Å². The van der Waals surface area contributed by atoms with Crippen molar-refractivity contribution in [2.75, 3.05) is 12.4 Å². The van der Waals surface area contributed by atoms with Crippen LogP contribution in [0.4, 0.5) is 5.69 Å².